The lowest BCUT2D eigenvalue weighted by Crippen LogP contribution is -2.51. The molecule has 1 fully saturated rings. The minimum absolute atomic E-state index is 0.0635. The molecule has 3 aromatic rings. The zero-order valence-electron chi connectivity index (χ0n) is 18.2. The van der Waals surface area contributed by atoms with Crippen LogP contribution in [0.25, 0.3) is 11.0 Å². The van der Waals surface area contributed by atoms with E-state index in [0.29, 0.717) is 37.4 Å². The molecule has 160 valence electrons. The summed E-state index contributed by atoms with van der Waals surface area (Å²) in [6, 6.07) is 10.5. The van der Waals surface area contributed by atoms with Crippen LogP contribution < -0.4 is 10.9 Å². The van der Waals surface area contributed by atoms with Crippen LogP contribution in [-0.2, 0) is 13.1 Å². The number of aliphatic hydroxyl groups is 1. The third-order valence-corrected chi connectivity index (χ3v) is 6.53. The highest BCUT2D eigenvalue weighted by Gasteiger charge is 2.34. The number of piperidine rings is 1. The van der Waals surface area contributed by atoms with Gasteiger partial charge in [-0.05, 0) is 50.8 Å². The molecule has 2 aromatic heterocycles. The Hall–Kier alpha value is -2.44. The van der Waals surface area contributed by atoms with Crippen molar-refractivity contribution in [3.63, 3.8) is 0 Å². The number of hydrogen-bond acceptors (Lipinski definition) is 4. The zero-order valence-corrected chi connectivity index (χ0v) is 18.2. The Labute approximate surface area is 177 Å². The van der Waals surface area contributed by atoms with Crippen molar-refractivity contribution >= 4 is 11.0 Å². The molecule has 6 nitrogen and oxygen atoms in total. The van der Waals surface area contributed by atoms with Gasteiger partial charge in [0.15, 0.2) is 0 Å². The van der Waals surface area contributed by atoms with Crippen LogP contribution in [0.3, 0.4) is 0 Å². The van der Waals surface area contributed by atoms with E-state index in [0.717, 1.165) is 36.3 Å². The first-order chi connectivity index (χ1) is 14.4. The molecule has 0 spiro atoms. The van der Waals surface area contributed by atoms with Gasteiger partial charge in [-0.15, -0.1) is 0 Å². The Morgan fingerprint density at radius 1 is 1.27 bits per heavy atom. The van der Waals surface area contributed by atoms with Crippen molar-refractivity contribution in [3.05, 3.63) is 63.8 Å². The van der Waals surface area contributed by atoms with Crippen LogP contribution in [0.1, 0.15) is 49.4 Å². The molecule has 1 aromatic carbocycles. The number of fused-ring (bicyclic) bond motifs is 1. The maximum absolute atomic E-state index is 13.4. The number of nitrogens with zero attached hydrogens (tertiary/aromatic N) is 3. The van der Waals surface area contributed by atoms with E-state index in [2.05, 4.69) is 33.9 Å². The van der Waals surface area contributed by atoms with E-state index in [1.807, 2.05) is 32.0 Å². The summed E-state index contributed by atoms with van der Waals surface area (Å²) in [6.07, 6.45) is 5.03. The third-order valence-electron chi connectivity index (χ3n) is 6.53. The van der Waals surface area contributed by atoms with E-state index in [1.54, 1.807) is 10.9 Å². The number of rotatable bonds is 6. The molecule has 3 heterocycles. The van der Waals surface area contributed by atoms with Gasteiger partial charge in [0.2, 0.25) is 0 Å². The standard InChI is InChI=1S/C24H32N4O2/c1-4-8-20-13-24(30,11-12-25-20)15-27-16-26-22-21(23(27)29)17(2)18(3)28(22)14-19-9-6-5-7-10-19/h5-7,9-10,16,20,25,30H,4,8,11-15H2,1-3H3/t20-,24+/m0/s1. The zero-order chi connectivity index (χ0) is 21.3. The van der Waals surface area contributed by atoms with Gasteiger partial charge in [-0.3, -0.25) is 9.36 Å². The van der Waals surface area contributed by atoms with Gasteiger partial charge in [0, 0.05) is 18.3 Å². The van der Waals surface area contributed by atoms with E-state index in [-0.39, 0.29) is 5.56 Å². The number of aryl methyl sites for hydroxylation is 1. The minimum atomic E-state index is -0.875. The Morgan fingerprint density at radius 3 is 2.77 bits per heavy atom. The van der Waals surface area contributed by atoms with Crippen molar-refractivity contribution in [2.75, 3.05) is 6.54 Å². The van der Waals surface area contributed by atoms with E-state index in [4.69, 9.17) is 0 Å². The first-order valence-electron chi connectivity index (χ1n) is 11.0. The van der Waals surface area contributed by atoms with Gasteiger partial charge in [0.1, 0.15) is 12.0 Å². The van der Waals surface area contributed by atoms with E-state index in [9.17, 15) is 9.90 Å². The molecule has 2 atom stereocenters. The van der Waals surface area contributed by atoms with Crippen molar-refractivity contribution in [1.29, 1.82) is 0 Å². The van der Waals surface area contributed by atoms with Crippen molar-refractivity contribution in [2.45, 2.75) is 71.2 Å². The quantitative estimate of drug-likeness (QED) is 0.657. The molecule has 6 heteroatoms. The fraction of sp³-hybridized carbons (Fsp3) is 0.500. The van der Waals surface area contributed by atoms with Crippen LogP contribution in [0.5, 0.6) is 0 Å². The first-order valence-corrected chi connectivity index (χ1v) is 11.0. The second-order valence-corrected chi connectivity index (χ2v) is 8.78. The lowest BCUT2D eigenvalue weighted by molar-refractivity contribution is -0.0208. The van der Waals surface area contributed by atoms with E-state index in [1.165, 1.54) is 5.56 Å². The predicted octanol–water partition coefficient (Wildman–Crippen LogP) is 3.15. The first kappa shape index (κ1) is 20.8. The van der Waals surface area contributed by atoms with Crippen molar-refractivity contribution in [2.24, 2.45) is 0 Å². The summed E-state index contributed by atoms with van der Waals surface area (Å²) in [4.78, 5) is 18.0. The van der Waals surface area contributed by atoms with Crippen LogP contribution in [-0.4, -0.2) is 37.4 Å². The molecule has 1 aliphatic heterocycles. The van der Waals surface area contributed by atoms with Crippen molar-refractivity contribution in [3.8, 4) is 0 Å². The van der Waals surface area contributed by atoms with Crippen LogP contribution in [0.4, 0.5) is 0 Å². The minimum Gasteiger partial charge on any atom is -0.388 e. The van der Waals surface area contributed by atoms with E-state index >= 15 is 0 Å². The topological polar surface area (TPSA) is 72.1 Å². The Kier molecular flexibility index (Phi) is 5.80. The molecule has 0 radical (unpaired) electrons. The smallest absolute Gasteiger partial charge is 0.263 e. The molecule has 0 bridgehead atoms. The van der Waals surface area contributed by atoms with Gasteiger partial charge in [-0.1, -0.05) is 43.7 Å². The average molecular weight is 409 g/mol. The average Bonchev–Trinajstić information content (AvgIpc) is 2.96. The number of hydrogen-bond donors (Lipinski definition) is 2. The predicted molar refractivity (Wildman–Crippen MR) is 120 cm³/mol. The normalized spacial score (nSPS) is 21.9. The van der Waals surface area contributed by atoms with Crippen LogP contribution in [0.15, 0.2) is 41.5 Å². The SMILES string of the molecule is CCC[C@H]1C[C@@](O)(Cn2cnc3c(c(C)c(C)n3Cc3ccccc3)c2=O)CCN1. The summed E-state index contributed by atoms with van der Waals surface area (Å²) in [6.45, 7) is 7.93. The van der Waals surface area contributed by atoms with Gasteiger partial charge in [0.25, 0.3) is 5.56 Å². The van der Waals surface area contributed by atoms with Gasteiger partial charge in [-0.25, -0.2) is 4.98 Å². The van der Waals surface area contributed by atoms with Gasteiger partial charge < -0.3 is 15.0 Å². The van der Waals surface area contributed by atoms with Gasteiger partial charge >= 0.3 is 0 Å². The summed E-state index contributed by atoms with van der Waals surface area (Å²) in [5.74, 6) is 0. The van der Waals surface area contributed by atoms with Crippen molar-refractivity contribution < 1.29 is 5.11 Å². The molecule has 4 rings (SSSR count). The molecular weight excluding hydrogens is 376 g/mol. The molecule has 1 saturated heterocycles. The molecule has 0 saturated carbocycles. The fourth-order valence-corrected chi connectivity index (χ4v) is 4.78. The summed E-state index contributed by atoms with van der Waals surface area (Å²) in [5, 5.41) is 15.4. The molecular formula is C24H32N4O2. The molecule has 1 aliphatic rings. The highest BCUT2D eigenvalue weighted by atomic mass is 16.3. The highest BCUT2D eigenvalue weighted by Crippen LogP contribution is 2.26. The van der Waals surface area contributed by atoms with E-state index < -0.39 is 5.60 Å². The molecule has 2 N–H and O–H groups in total. The molecule has 0 amide bonds. The Balaban J connectivity index is 1.68. The molecule has 0 unspecified atom stereocenters. The maximum Gasteiger partial charge on any atom is 0.263 e. The Morgan fingerprint density at radius 2 is 2.03 bits per heavy atom. The Bertz CT molecular complexity index is 1080. The monoisotopic (exact) mass is 408 g/mol. The number of nitrogens with one attached hydrogen (secondary N) is 1. The molecule has 30 heavy (non-hydrogen) atoms. The number of aromatic nitrogens is 3. The van der Waals surface area contributed by atoms with Crippen LogP contribution in [0, 0.1) is 13.8 Å². The summed E-state index contributed by atoms with van der Waals surface area (Å²) in [5.41, 5.74) is 2.98. The van der Waals surface area contributed by atoms with Crippen molar-refractivity contribution in [1.82, 2.24) is 19.4 Å². The maximum atomic E-state index is 13.4. The number of benzene rings is 1. The lowest BCUT2D eigenvalue weighted by atomic mass is 9.86. The summed E-state index contributed by atoms with van der Waals surface area (Å²) < 4.78 is 3.72. The fourth-order valence-electron chi connectivity index (χ4n) is 4.78. The summed E-state index contributed by atoms with van der Waals surface area (Å²) >= 11 is 0. The second kappa shape index (κ2) is 8.36. The molecule has 0 aliphatic carbocycles. The highest BCUT2D eigenvalue weighted by molar-refractivity contribution is 5.81. The van der Waals surface area contributed by atoms with Gasteiger partial charge in [0.05, 0.1) is 17.5 Å². The lowest BCUT2D eigenvalue weighted by Gasteiger charge is -2.37. The summed E-state index contributed by atoms with van der Waals surface area (Å²) in [7, 11) is 0. The second-order valence-electron chi connectivity index (χ2n) is 8.78. The van der Waals surface area contributed by atoms with Crippen LogP contribution >= 0.6 is 0 Å². The van der Waals surface area contributed by atoms with Crippen LogP contribution in [0.2, 0.25) is 0 Å². The van der Waals surface area contributed by atoms with Gasteiger partial charge in [-0.2, -0.15) is 0 Å². The third kappa shape index (κ3) is 3.94. The largest absolute Gasteiger partial charge is 0.388 e.